The molecule has 0 N–H and O–H groups in total. The van der Waals surface area contributed by atoms with Gasteiger partial charge in [0, 0.05) is 17.1 Å². The number of carbonyl (C=O) groups excluding carboxylic acids is 1. The van der Waals surface area contributed by atoms with Gasteiger partial charge in [0.1, 0.15) is 0 Å². The van der Waals surface area contributed by atoms with Crippen molar-refractivity contribution in [3.05, 3.63) is 57.5 Å². The van der Waals surface area contributed by atoms with Crippen molar-refractivity contribution in [1.29, 1.82) is 0 Å². The van der Waals surface area contributed by atoms with E-state index in [1.54, 1.807) is 18.2 Å². The third kappa shape index (κ3) is 3.76. The number of hydrogen-bond donors (Lipinski definition) is 0. The lowest BCUT2D eigenvalue weighted by atomic mass is 10.2. The summed E-state index contributed by atoms with van der Waals surface area (Å²) in [5.41, 5.74) is 0.596. The molecule has 2 rings (SSSR count). The van der Waals surface area contributed by atoms with Crippen LogP contribution in [0.1, 0.15) is 10.4 Å². The minimum Gasteiger partial charge on any atom is -0.310 e. The van der Waals surface area contributed by atoms with Gasteiger partial charge in [-0.05, 0) is 42.5 Å². The van der Waals surface area contributed by atoms with Crippen LogP contribution in [0.15, 0.2) is 51.8 Å². The highest BCUT2D eigenvalue weighted by Gasteiger charge is 2.26. The van der Waals surface area contributed by atoms with Crippen LogP contribution in [-0.4, -0.2) is 27.1 Å². The van der Waals surface area contributed by atoms with E-state index in [4.69, 9.17) is 11.6 Å². The molecule has 24 heavy (non-hydrogen) atoms. The zero-order valence-corrected chi connectivity index (χ0v) is 15.4. The van der Waals surface area contributed by atoms with Gasteiger partial charge >= 0.3 is 5.76 Å². The summed E-state index contributed by atoms with van der Waals surface area (Å²) in [7, 11) is -3.19. The summed E-state index contributed by atoms with van der Waals surface area (Å²) in [6, 6.07) is 9.29. The molecular formula is C15H11BrClF2NO3S. The molecule has 0 spiro atoms. The Balaban J connectivity index is 2.30. The SMILES string of the molecule is CN(C(=O)c1ccc(S(=O)(=O)C(F)F)cc1)c1ccc(Br)cc1Cl. The number of benzene rings is 2. The van der Waals surface area contributed by atoms with E-state index in [1.807, 2.05) is 0 Å². The zero-order valence-electron chi connectivity index (χ0n) is 12.2. The number of sulfone groups is 1. The lowest BCUT2D eigenvalue weighted by Gasteiger charge is -2.19. The average Bonchev–Trinajstić information content (AvgIpc) is 2.53. The Kier molecular flexibility index (Phi) is 5.62. The fraction of sp³-hybridized carbons (Fsp3) is 0.133. The van der Waals surface area contributed by atoms with E-state index in [1.165, 1.54) is 24.1 Å². The van der Waals surface area contributed by atoms with E-state index in [-0.39, 0.29) is 5.56 Å². The van der Waals surface area contributed by atoms with Crippen LogP contribution in [0.3, 0.4) is 0 Å². The Labute approximate surface area is 151 Å². The van der Waals surface area contributed by atoms with Crippen LogP contribution in [0.2, 0.25) is 5.02 Å². The third-order valence-electron chi connectivity index (χ3n) is 3.24. The summed E-state index contributed by atoms with van der Waals surface area (Å²) in [5.74, 6) is -3.97. The normalized spacial score (nSPS) is 11.6. The van der Waals surface area contributed by atoms with Gasteiger partial charge in [-0.1, -0.05) is 27.5 Å². The second-order valence-corrected chi connectivity index (χ2v) is 8.03. The second-order valence-electron chi connectivity index (χ2n) is 4.79. The van der Waals surface area contributed by atoms with Gasteiger partial charge in [0.2, 0.25) is 9.84 Å². The molecule has 0 aliphatic rings. The number of amides is 1. The first-order valence-electron chi connectivity index (χ1n) is 6.50. The van der Waals surface area contributed by atoms with Crippen LogP contribution < -0.4 is 4.90 Å². The van der Waals surface area contributed by atoms with Crippen molar-refractivity contribution in [3.8, 4) is 0 Å². The fourth-order valence-electron chi connectivity index (χ4n) is 1.95. The van der Waals surface area contributed by atoms with Gasteiger partial charge in [0.25, 0.3) is 5.91 Å². The lowest BCUT2D eigenvalue weighted by Crippen LogP contribution is -2.26. The molecule has 0 bridgehead atoms. The summed E-state index contributed by atoms with van der Waals surface area (Å²) in [5, 5.41) is 0.345. The molecule has 0 aliphatic heterocycles. The molecule has 2 aromatic carbocycles. The van der Waals surface area contributed by atoms with Crippen molar-refractivity contribution in [1.82, 2.24) is 0 Å². The maximum absolute atomic E-state index is 12.5. The molecule has 1 amide bonds. The Hall–Kier alpha value is -1.51. The molecular weight excluding hydrogens is 428 g/mol. The summed E-state index contributed by atoms with van der Waals surface area (Å²) >= 11 is 9.35. The minimum atomic E-state index is -4.69. The van der Waals surface area contributed by atoms with Crippen LogP contribution in [0.25, 0.3) is 0 Å². The van der Waals surface area contributed by atoms with E-state index in [9.17, 15) is 22.0 Å². The molecule has 0 unspecified atom stereocenters. The Morgan fingerprint density at radius 1 is 1.17 bits per heavy atom. The number of hydrogen-bond acceptors (Lipinski definition) is 3. The summed E-state index contributed by atoms with van der Waals surface area (Å²) in [6.07, 6.45) is 0. The van der Waals surface area contributed by atoms with Crippen LogP contribution in [-0.2, 0) is 9.84 Å². The predicted octanol–water partition coefficient (Wildman–Crippen LogP) is 4.38. The molecule has 4 nitrogen and oxygen atoms in total. The van der Waals surface area contributed by atoms with Crippen molar-refractivity contribution in [3.63, 3.8) is 0 Å². The van der Waals surface area contributed by atoms with Crippen LogP contribution in [0, 0.1) is 0 Å². The van der Waals surface area contributed by atoms with Crippen molar-refractivity contribution >= 4 is 49.0 Å². The van der Waals surface area contributed by atoms with Gasteiger partial charge in [0.05, 0.1) is 15.6 Å². The molecule has 0 aliphatic carbocycles. The molecule has 9 heteroatoms. The maximum Gasteiger partial charge on any atom is 0.341 e. The molecule has 0 saturated heterocycles. The van der Waals surface area contributed by atoms with Gasteiger partial charge in [-0.25, -0.2) is 8.42 Å². The third-order valence-corrected chi connectivity index (χ3v) is 5.43. The first-order chi connectivity index (χ1) is 11.1. The molecule has 0 radical (unpaired) electrons. The molecule has 128 valence electrons. The van der Waals surface area contributed by atoms with Gasteiger partial charge in [0.15, 0.2) is 0 Å². The largest absolute Gasteiger partial charge is 0.341 e. The number of rotatable bonds is 4. The topological polar surface area (TPSA) is 54.5 Å². The van der Waals surface area contributed by atoms with E-state index in [2.05, 4.69) is 15.9 Å². The molecule has 2 aromatic rings. The smallest absolute Gasteiger partial charge is 0.310 e. The standard InChI is InChI=1S/C15H11BrClF2NO3S/c1-20(13-7-4-10(16)8-12(13)17)14(21)9-2-5-11(6-3-9)24(22,23)15(18)19/h2-8,15H,1H3. The van der Waals surface area contributed by atoms with Gasteiger partial charge in [-0.15, -0.1) is 0 Å². The van der Waals surface area contributed by atoms with E-state index >= 15 is 0 Å². The van der Waals surface area contributed by atoms with Crippen molar-refractivity contribution in [2.24, 2.45) is 0 Å². The molecule has 0 atom stereocenters. The van der Waals surface area contributed by atoms with Gasteiger partial charge in [-0.3, -0.25) is 4.79 Å². The number of anilines is 1. The van der Waals surface area contributed by atoms with Crippen molar-refractivity contribution in [2.45, 2.75) is 10.7 Å². The molecule has 0 fully saturated rings. The van der Waals surface area contributed by atoms with Crippen molar-refractivity contribution in [2.75, 3.05) is 11.9 Å². The number of nitrogens with zero attached hydrogens (tertiary/aromatic N) is 1. The first-order valence-corrected chi connectivity index (χ1v) is 9.21. The average molecular weight is 439 g/mol. The zero-order chi connectivity index (χ0) is 18.1. The highest BCUT2D eigenvalue weighted by Crippen LogP contribution is 2.29. The second kappa shape index (κ2) is 7.16. The summed E-state index contributed by atoms with van der Waals surface area (Å²) in [4.78, 5) is 13.2. The summed E-state index contributed by atoms with van der Waals surface area (Å²) in [6.45, 7) is 0. The number of carbonyl (C=O) groups is 1. The van der Waals surface area contributed by atoms with E-state index in [0.717, 1.165) is 16.6 Å². The van der Waals surface area contributed by atoms with Gasteiger partial charge < -0.3 is 4.90 Å². The minimum absolute atomic E-state index is 0.143. The highest BCUT2D eigenvalue weighted by atomic mass is 79.9. The van der Waals surface area contributed by atoms with Crippen LogP contribution in [0.4, 0.5) is 14.5 Å². The Morgan fingerprint density at radius 3 is 2.25 bits per heavy atom. The first kappa shape index (κ1) is 18.8. The fourth-order valence-corrected chi connectivity index (χ4v) is 3.47. The van der Waals surface area contributed by atoms with Gasteiger partial charge in [-0.2, -0.15) is 8.78 Å². The lowest BCUT2D eigenvalue weighted by molar-refractivity contribution is 0.0993. The Morgan fingerprint density at radius 2 is 1.75 bits per heavy atom. The highest BCUT2D eigenvalue weighted by molar-refractivity contribution is 9.10. The Bertz CT molecular complexity index is 873. The number of halogens is 4. The number of alkyl halides is 2. The van der Waals surface area contributed by atoms with Crippen LogP contribution in [0.5, 0.6) is 0 Å². The monoisotopic (exact) mass is 437 g/mol. The van der Waals surface area contributed by atoms with Crippen LogP contribution >= 0.6 is 27.5 Å². The molecule has 0 aromatic heterocycles. The summed E-state index contributed by atoms with van der Waals surface area (Å²) < 4.78 is 48.5. The van der Waals surface area contributed by atoms with E-state index < -0.39 is 26.4 Å². The van der Waals surface area contributed by atoms with E-state index in [0.29, 0.717) is 10.7 Å². The molecule has 0 heterocycles. The molecule has 0 saturated carbocycles. The quantitative estimate of drug-likeness (QED) is 0.712. The predicted molar refractivity (Wildman–Crippen MR) is 91.5 cm³/mol. The van der Waals surface area contributed by atoms with Crippen molar-refractivity contribution < 1.29 is 22.0 Å². The maximum atomic E-state index is 12.5.